The highest BCUT2D eigenvalue weighted by Gasteiger charge is 2.33. The zero-order chi connectivity index (χ0) is 26.5. The van der Waals surface area contributed by atoms with Crippen molar-refractivity contribution in [3.05, 3.63) is 74.9 Å². The second kappa shape index (κ2) is 11.2. The minimum absolute atomic E-state index is 0.00190. The molecule has 11 heteroatoms. The molecule has 3 rings (SSSR count). The van der Waals surface area contributed by atoms with Gasteiger partial charge in [-0.05, 0) is 51.0 Å². The van der Waals surface area contributed by atoms with Gasteiger partial charge in [-0.15, -0.1) is 0 Å². The van der Waals surface area contributed by atoms with Crippen molar-refractivity contribution in [2.24, 2.45) is 0 Å². The molecule has 192 valence electrons. The smallest absolute Gasteiger partial charge is 0.354 e. The Morgan fingerprint density at radius 1 is 0.917 bits per heavy atom. The van der Waals surface area contributed by atoms with E-state index in [1.165, 1.54) is 24.3 Å². The van der Waals surface area contributed by atoms with E-state index in [0.717, 1.165) is 21.3 Å². The average Bonchev–Trinajstić information content (AvgIpc) is 2.80. The molecule has 1 aromatic heterocycles. The first-order valence-corrected chi connectivity index (χ1v) is 11.5. The first-order chi connectivity index (χ1) is 17.0. The van der Waals surface area contributed by atoms with E-state index in [1.807, 2.05) is 13.8 Å². The Bertz CT molecular complexity index is 1380. The predicted octanol–water partition coefficient (Wildman–Crippen LogP) is 3.52. The van der Waals surface area contributed by atoms with E-state index in [1.54, 1.807) is 12.1 Å². The van der Waals surface area contributed by atoms with Gasteiger partial charge in [-0.2, -0.15) is 13.2 Å². The van der Waals surface area contributed by atoms with Gasteiger partial charge >= 0.3 is 11.9 Å². The fourth-order valence-electron chi connectivity index (χ4n) is 3.84. The molecule has 0 aliphatic heterocycles. The van der Waals surface area contributed by atoms with E-state index in [0.29, 0.717) is 12.8 Å². The van der Waals surface area contributed by atoms with Crippen molar-refractivity contribution in [2.75, 3.05) is 5.32 Å². The van der Waals surface area contributed by atoms with Crippen molar-refractivity contribution in [3.8, 4) is 0 Å². The molecule has 0 unspecified atom stereocenters. The average molecular weight is 505 g/mol. The molecule has 0 atom stereocenters. The summed E-state index contributed by atoms with van der Waals surface area (Å²) in [6.45, 7) is 3.11. The topological polar surface area (TPSA) is 102 Å². The zero-order valence-electron chi connectivity index (χ0n) is 19.9. The second-order valence-corrected chi connectivity index (χ2v) is 8.61. The lowest BCUT2D eigenvalue weighted by Gasteiger charge is -2.16. The van der Waals surface area contributed by atoms with Crippen LogP contribution in [0.1, 0.15) is 38.7 Å². The minimum Gasteiger partial charge on any atom is -0.354 e. The fraction of sp³-hybridized carbons (Fsp3) is 0.360. The molecule has 0 aliphatic rings. The van der Waals surface area contributed by atoms with Crippen molar-refractivity contribution in [2.45, 2.75) is 58.4 Å². The Balaban J connectivity index is 1.86. The number of hydrogen-bond acceptors (Lipinski definition) is 4. The first-order valence-electron chi connectivity index (χ1n) is 11.5. The van der Waals surface area contributed by atoms with E-state index in [2.05, 4.69) is 10.6 Å². The van der Waals surface area contributed by atoms with Crippen molar-refractivity contribution >= 4 is 28.4 Å². The van der Waals surface area contributed by atoms with Crippen molar-refractivity contribution in [1.82, 2.24) is 14.5 Å². The summed E-state index contributed by atoms with van der Waals surface area (Å²) in [5, 5.41) is 5.18. The highest BCUT2D eigenvalue weighted by molar-refractivity contribution is 5.92. The summed E-state index contributed by atoms with van der Waals surface area (Å²) in [6.07, 6.45) is -3.64. The molecule has 0 radical (unpaired) electrons. The van der Waals surface area contributed by atoms with Gasteiger partial charge in [0.25, 0.3) is 5.56 Å². The van der Waals surface area contributed by atoms with Crippen LogP contribution in [-0.2, 0) is 28.9 Å². The summed E-state index contributed by atoms with van der Waals surface area (Å²) in [7, 11) is 0. The lowest BCUT2D eigenvalue weighted by Crippen LogP contribution is -2.42. The molecular weight excluding hydrogens is 477 g/mol. The summed E-state index contributed by atoms with van der Waals surface area (Å²) in [4.78, 5) is 50.7. The molecule has 2 aromatic carbocycles. The second-order valence-electron chi connectivity index (χ2n) is 8.61. The van der Waals surface area contributed by atoms with Crippen molar-refractivity contribution < 1.29 is 22.8 Å². The number of nitrogens with zero attached hydrogens (tertiary/aromatic N) is 2. The molecule has 0 fully saturated rings. The quantitative estimate of drug-likeness (QED) is 0.436. The van der Waals surface area contributed by atoms with Gasteiger partial charge < -0.3 is 10.6 Å². The Morgan fingerprint density at radius 3 is 2.28 bits per heavy atom. The Morgan fingerprint density at radius 2 is 1.58 bits per heavy atom. The molecule has 36 heavy (non-hydrogen) atoms. The van der Waals surface area contributed by atoms with Crippen LogP contribution in [0.3, 0.4) is 0 Å². The van der Waals surface area contributed by atoms with Crippen LogP contribution < -0.4 is 21.9 Å². The highest BCUT2D eigenvalue weighted by Crippen LogP contribution is 2.34. The SMILES string of the molecule is CC(C)NC(=O)CCCCn1c(=O)c2ccccc2n(CC(=O)Nc2ccccc2C(F)(F)F)c1=O. The number of nitrogens with one attached hydrogen (secondary N) is 2. The van der Waals surface area contributed by atoms with Gasteiger partial charge in [0, 0.05) is 19.0 Å². The van der Waals surface area contributed by atoms with E-state index in [-0.39, 0.29) is 35.8 Å². The first kappa shape index (κ1) is 26.7. The van der Waals surface area contributed by atoms with Crippen molar-refractivity contribution in [1.29, 1.82) is 0 Å². The summed E-state index contributed by atoms with van der Waals surface area (Å²) < 4.78 is 41.9. The number of unbranched alkanes of at least 4 members (excludes halogenated alkanes) is 1. The summed E-state index contributed by atoms with van der Waals surface area (Å²) >= 11 is 0. The van der Waals surface area contributed by atoms with Gasteiger partial charge in [-0.1, -0.05) is 24.3 Å². The van der Waals surface area contributed by atoms with E-state index >= 15 is 0 Å². The molecule has 0 aliphatic carbocycles. The van der Waals surface area contributed by atoms with Crippen molar-refractivity contribution in [3.63, 3.8) is 0 Å². The number of hydrogen-bond donors (Lipinski definition) is 2. The molecule has 0 saturated heterocycles. The van der Waals surface area contributed by atoms with Gasteiger partial charge in [-0.25, -0.2) is 4.79 Å². The highest BCUT2D eigenvalue weighted by atomic mass is 19.4. The number of amides is 2. The third-order valence-corrected chi connectivity index (χ3v) is 5.43. The standard InChI is InChI=1S/C25H27F3N4O4/c1-16(2)29-21(33)13-7-8-14-31-23(35)17-9-3-6-12-20(17)32(24(31)36)15-22(34)30-19-11-5-4-10-18(19)25(26,27)28/h3-6,9-12,16H,7-8,13-15H2,1-2H3,(H,29,33)(H,30,34). The van der Waals surface area contributed by atoms with Crippen LogP contribution in [0.5, 0.6) is 0 Å². The minimum atomic E-state index is -4.67. The molecule has 0 spiro atoms. The summed E-state index contributed by atoms with van der Waals surface area (Å²) in [5.74, 6) is -0.987. The van der Waals surface area contributed by atoms with E-state index in [4.69, 9.17) is 0 Å². The number of para-hydroxylation sites is 2. The maximum absolute atomic E-state index is 13.3. The van der Waals surface area contributed by atoms with Crippen LogP contribution in [0.4, 0.5) is 18.9 Å². The van der Waals surface area contributed by atoms with Gasteiger partial charge in [-0.3, -0.25) is 23.5 Å². The molecule has 1 heterocycles. The Hall–Kier alpha value is -3.89. The molecule has 3 aromatic rings. The molecule has 2 N–H and O–H groups in total. The molecule has 2 amide bonds. The number of alkyl halides is 3. The van der Waals surface area contributed by atoms with Crippen LogP contribution in [0, 0.1) is 0 Å². The third kappa shape index (κ3) is 6.41. The predicted molar refractivity (Wildman–Crippen MR) is 130 cm³/mol. The zero-order valence-corrected chi connectivity index (χ0v) is 19.9. The molecule has 0 saturated carbocycles. The number of aromatic nitrogens is 2. The number of carbonyl (C=O) groups is 2. The number of anilines is 1. The number of rotatable bonds is 9. The monoisotopic (exact) mass is 504 g/mol. The van der Waals surface area contributed by atoms with E-state index < -0.39 is 41.1 Å². The molecule has 0 bridgehead atoms. The largest absolute Gasteiger partial charge is 0.418 e. The number of benzene rings is 2. The Labute approximate surface area is 204 Å². The van der Waals surface area contributed by atoms with Gasteiger partial charge in [0.1, 0.15) is 6.54 Å². The number of carbonyl (C=O) groups excluding carboxylic acids is 2. The fourth-order valence-corrected chi connectivity index (χ4v) is 3.84. The maximum atomic E-state index is 13.3. The van der Waals surface area contributed by atoms with Crippen LogP contribution in [-0.4, -0.2) is 27.0 Å². The van der Waals surface area contributed by atoms with E-state index in [9.17, 15) is 32.3 Å². The van der Waals surface area contributed by atoms with Crippen LogP contribution in [0.15, 0.2) is 58.1 Å². The normalized spacial score (nSPS) is 11.6. The van der Waals surface area contributed by atoms with Gasteiger partial charge in [0.15, 0.2) is 0 Å². The lowest BCUT2D eigenvalue weighted by atomic mass is 10.1. The third-order valence-electron chi connectivity index (χ3n) is 5.43. The van der Waals surface area contributed by atoms with Crippen LogP contribution in [0.2, 0.25) is 0 Å². The molecule has 8 nitrogen and oxygen atoms in total. The number of fused-ring (bicyclic) bond motifs is 1. The Kier molecular flexibility index (Phi) is 8.33. The van der Waals surface area contributed by atoms with Crippen LogP contribution >= 0.6 is 0 Å². The van der Waals surface area contributed by atoms with Crippen LogP contribution in [0.25, 0.3) is 10.9 Å². The molecular formula is C25H27F3N4O4. The maximum Gasteiger partial charge on any atom is 0.418 e. The number of halogens is 3. The summed E-state index contributed by atoms with van der Waals surface area (Å²) in [6, 6.07) is 10.7. The van der Waals surface area contributed by atoms with Gasteiger partial charge in [0.05, 0.1) is 22.2 Å². The lowest BCUT2D eigenvalue weighted by molar-refractivity contribution is -0.137. The van der Waals surface area contributed by atoms with Gasteiger partial charge in [0.2, 0.25) is 11.8 Å². The summed E-state index contributed by atoms with van der Waals surface area (Å²) in [5.41, 5.74) is -2.55.